The minimum Gasteiger partial charge on any atom is -0.467 e. The van der Waals surface area contributed by atoms with Crippen molar-refractivity contribution in [2.45, 2.75) is 45.9 Å². The van der Waals surface area contributed by atoms with Crippen molar-refractivity contribution < 1.29 is 18.7 Å². The predicted molar refractivity (Wildman–Crippen MR) is 121 cm³/mol. The first-order valence-corrected chi connectivity index (χ1v) is 11.7. The van der Waals surface area contributed by atoms with E-state index >= 15 is 0 Å². The van der Waals surface area contributed by atoms with Crippen molar-refractivity contribution in [1.29, 1.82) is 0 Å². The van der Waals surface area contributed by atoms with Gasteiger partial charge in [-0.15, -0.1) is 0 Å². The van der Waals surface area contributed by atoms with E-state index in [1.165, 1.54) is 11.8 Å². The molecule has 31 heavy (non-hydrogen) atoms. The van der Waals surface area contributed by atoms with Crippen molar-refractivity contribution in [3.63, 3.8) is 0 Å². The molecule has 2 aliphatic rings. The number of fused-ring (bicyclic) bond motifs is 1. The Labute approximate surface area is 188 Å². The highest BCUT2D eigenvalue weighted by Crippen LogP contribution is 2.45. The maximum absolute atomic E-state index is 13.0. The van der Waals surface area contributed by atoms with E-state index in [1.54, 1.807) is 23.7 Å². The number of amides is 1. The van der Waals surface area contributed by atoms with Crippen LogP contribution in [0.5, 0.6) is 0 Å². The quantitative estimate of drug-likeness (QED) is 0.613. The molecular weight excluding hydrogens is 434 g/mol. The summed E-state index contributed by atoms with van der Waals surface area (Å²) in [6, 6.07) is 5.20. The van der Waals surface area contributed by atoms with Crippen LogP contribution in [-0.4, -0.2) is 28.0 Å². The Hall–Kier alpha value is -2.78. The number of allylic oxidation sites excluding steroid dienone is 1. The van der Waals surface area contributed by atoms with Crippen LogP contribution in [-0.2, 0) is 20.9 Å². The van der Waals surface area contributed by atoms with Crippen LogP contribution < -0.4 is 5.32 Å². The van der Waals surface area contributed by atoms with Gasteiger partial charge in [-0.25, -0.2) is 9.79 Å². The number of esters is 1. The Morgan fingerprint density at radius 3 is 2.87 bits per heavy atom. The van der Waals surface area contributed by atoms with Crippen molar-refractivity contribution in [1.82, 2.24) is 10.2 Å². The van der Waals surface area contributed by atoms with Gasteiger partial charge in [-0.3, -0.25) is 4.79 Å². The monoisotopic (exact) mass is 457 g/mol. The van der Waals surface area contributed by atoms with E-state index in [9.17, 15) is 9.59 Å². The summed E-state index contributed by atoms with van der Waals surface area (Å²) in [7, 11) is 0. The lowest BCUT2D eigenvalue weighted by Gasteiger charge is -2.36. The number of nitrogens with one attached hydrogen (secondary N) is 1. The molecule has 2 aromatic rings. The van der Waals surface area contributed by atoms with Gasteiger partial charge in [-0.05, 0) is 60.7 Å². The number of nitrogens with zero attached hydrogens (tertiary/aromatic N) is 2. The third kappa shape index (κ3) is 4.62. The fourth-order valence-corrected chi connectivity index (χ4v) is 5.12. The van der Waals surface area contributed by atoms with Crippen molar-refractivity contribution >= 4 is 40.1 Å². The maximum atomic E-state index is 13.0. The van der Waals surface area contributed by atoms with Crippen molar-refractivity contribution in [3.8, 4) is 0 Å². The molecule has 2 aromatic heterocycles. The summed E-state index contributed by atoms with van der Waals surface area (Å²) in [5.41, 5.74) is 2.90. The van der Waals surface area contributed by atoms with Crippen LogP contribution in [0.3, 0.4) is 0 Å². The lowest BCUT2D eigenvalue weighted by Crippen LogP contribution is -2.38. The number of amidine groups is 1. The van der Waals surface area contributed by atoms with Gasteiger partial charge in [0.15, 0.2) is 5.17 Å². The summed E-state index contributed by atoms with van der Waals surface area (Å²) in [5, 5.41) is 9.55. The Morgan fingerprint density at radius 2 is 2.19 bits per heavy atom. The largest absolute Gasteiger partial charge is 0.467 e. The van der Waals surface area contributed by atoms with E-state index in [4.69, 9.17) is 9.15 Å². The third-order valence-corrected chi connectivity index (χ3v) is 6.39. The smallest absolute Gasteiger partial charge is 0.338 e. The van der Waals surface area contributed by atoms with E-state index in [2.05, 4.69) is 10.3 Å². The zero-order valence-electron chi connectivity index (χ0n) is 17.5. The number of aliphatic imine (C=N–C) groups is 1. The minimum atomic E-state index is -0.385. The van der Waals surface area contributed by atoms with Gasteiger partial charge in [0.25, 0.3) is 0 Å². The Balaban J connectivity index is 1.59. The fourth-order valence-electron chi connectivity index (χ4n) is 3.48. The van der Waals surface area contributed by atoms with E-state index in [1.807, 2.05) is 54.0 Å². The van der Waals surface area contributed by atoms with Gasteiger partial charge in [0.05, 0.1) is 42.6 Å². The molecule has 1 N–H and O–H groups in total. The number of furan rings is 1. The van der Waals surface area contributed by atoms with Crippen LogP contribution in [0.25, 0.3) is 0 Å². The first-order valence-electron chi connectivity index (χ1n) is 9.90. The molecule has 4 heterocycles. The van der Waals surface area contributed by atoms with E-state index in [0.29, 0.717) is 23.6 Å². The standard InChI is InChI=1S/C22H23N3O4S2/c1-13(2)29-21(27)19-14(3)24-22-25(20(19)15-6-8-30-11-15)16(12-31-22)9-18(26)23-10-17-5-4-7-28-17/h4-8,11-13,20H,9-10H2,1-3H3,(H,23,26). The maximum Gasteiger partial charge on any atom is 0.338 e. The summed E-state index contributed by atoms with van der Waals surface area (Å²) >= 11 is 3.02. The molecule has 1 unspecified atom stereocenters. The van der Waals surface area contributed by atoms with Gasteiger partial charge in [0, 0.05) is 5.70 Å². The van der Waals surface area contributed by atoms with Crippen LogP contribution in [0.15, 0.2) is 67.0 Å². The van der Waals surface area contributed by atoms with Crippen molar-refractivity contribution in [2.24, 2.45) is 4.99 Å². The number of carbonyl (C=O) groups is 2. The zero-order chi connectivity index (χ0) is 22.0. The van der Waals surface area contributed by atoms with E-state index < -0.39 is 0 Å². The molecule has 0 aromatic carbocycles. The molecule has 1 amide bonds. The zero-order valence-corrected chi connectivity index (χ0v) is 19.1. The number of ether oxygens (including phenoxy) is 1. The summed E-state index contributed by atoms with van der Waals surface area (Å²) in [6.45, 7) is 5.80. The molecule has 2 aliphatic heterocycles. The van der Waals surface area contributed by atoms with Crippen LogP contribution in [0.2, 0.25) is 0 Å². The molecule has 0 aliphatic carbocycles. The molecular formula is C22H23N3O4S2. The Kier molecular flexibility index (Phi) is 6.33. The Bertz CT molecular complexity index is 1050. The lowest BCUT2D eigenvalue weighted by molar-refractivity contribution is -0.143. The topological polar surface area (TPSA) is 84.1 Å². The van der Waals surface area contributed by atoms with Gasteiger partial charge < -0.3 is 19.4 Å². The number of carbonyl (C=O) groups excluding carboxylic acids is 2. The first kappa shape index (κ1) is 21.5. The van der Waals surface area contributed by atoms with Crippen LogP contribution in [0, 0.1) is 0 Å². The predicted octanol–water partition coefficient (Wildman–Crippen LogP) is 4.57. The molecule has 7 nitrogen and oxygen atoms in total. The number of hydrogen-bond donors (Lipinski definition) is 1. The fraction of sp³-hybridized carbons (Fsp3) is 0.318. The highest BCUT2D eigenvalue weighted by molar-refractivity contribution is 8.16. The molecule has 0 saturated heterocycles. The molecule has 4 rings (SSSR count). The molecule has 9 heteroatoms. The average molecular weight is 458 g/mol. The highest BCUT2D eigenvalue weighted by Gasteiger charge is 2.41. The number of thiophene rings is 1. The highest BCUT2D eigenvalue weighted by atomic mass is 32.2. The molecule has 0 bridgehead atoms. The normalized spacial score (nSPS) is 18.1. The van der Waals surface area contributed by atoms with E-state index in [0.717, 1.165) is 16.4 Å². The molecule has 1 atom stereocenters. The average Bonchev–Trinajstić information content (AvgIpc) is 3.47. The molecule has 0 spiro atoms. The summed E-state index contributed by atoms with van der Waals surface area (Å²) in [6.07, 6.45) is 1.50. The molecule has 162 valence electrons. The number of rotatable bonds is 7. The lowest BCUT2D eigenvalue weighted by atomic mass is 9.96. The Morgan fingerprint density at radius 1 is 1.35 bits per heavy atom. The van der Waals surface area contributed by atoms with Gasteiger partial charge in [0.1, 0.15) is 5.76 Å². The second-order valence-electron chi connectivity index (χ2n) is 7.44. The van der Waals surface area contributed by atoms with Gasteiger partial charge >= 0.3 is 5.97 Å². The number of hydrogen-bond acceptors (Lipinski definition) is 8. The summed E-state index contributed by atoms with van der Waals surface area (Å²) in [5.74, 6) is 0.174. The SMILES string of the molecule is CC1=C(C(=O)OC(C)C)C(c2ccsc2)N2C(CC(=O)NCc3ccco3)=CSC2=N1. The van der Waals surface area contributed by atoms with Crippen LogP contribution in [0.1, 0.15) is 44.6 Å². The van der Waals surface area contributed by atoms with Gasteiger partial charge in [-0.2, -0.15) is 11.3 Å². The van der Waals surface area contributed by atoms with Crippen molar-refractivity contribution in [3.05, 3.63) is 68.9 Å². The van der Waals surface area contributed by atoms with Crippen LogP contribution in [0.4, 0.5) is 0 Å². The van der Waals surface area contributed by atoms with Crippen molar-refractivity contribution in [2.75, 3.05) is 0 Å². The molecule has 0 fully saturated rings. The number of thioether (sulfide) groups is 1. The second-order valence-corrected chi connectivity index (χ2v) is 9.05. The second kappa shape index (κ2) is 9.15. The summed E-state index contributed by atoms with van der Waals surface area (Å²) < 4.78 is 10.8. The van der Waals surface area contributed by atoms with Crippen LogP contribution >= 0.6 is 23.1 Å². The van der Waals surface area contributed by atoms with Gasteiger partial charge in [0.2, 0.25) is 5.91 Å². The minimum absolute atomic E-state index is 0.133. The molecule has 0 radical (unpaired) electrons. The summed E-state index contributed by atoms with van der Waals surface area (Å²) in [4.78, 5) is 32.2. The van der Waals surface area contributed by atoms with Gasteiger partial charge in [-0.1, -0.05) is 11.8 Å². The third-order valence-electron chi connectivity index (χ3n) is 4.80. The first-order chi connectivity index (χ1) is 14.9. The van der Waals surface area contributed by atoms with E-state index in [-0.39, 0.29) is 30.4 Å². The molecule has 0 saturated carbocycles.